The van der Waals surface area contributed by atoms with Gasteiger partial charge in [-0.25, -0.2) is 9.97 Å². The summed E-state index contributed by atoms with van der Waals surface area (Å²) in [5.74, 6) is 0.462. The molecule has 0 aliphatic heterocycles. The number of aromatic nitrogens is 4. The summed E-state index contributed by atoms with van der Waals surface area (Å²) < 4.78 is 3.67. The minimum atomic E-state index is -0.424. The lowest BCUT2D eigenvalue weighted by Crippen LogP contribution is -2.07. The molecule has 8 nitrogen and oxygen atoms in total. The molecule has 0 fully saturated rings. The Labute approximate surface area is 186 Å². The Balaban J connectivity index is 1.76. The van der Waals surface area contributed by atoms with Crippen molar-refractivity contribution in [2.45, 2.75) is 13.8 Å². The third-order valence-electron chi connectivity index (χ3n) is 6.02. The van der Waals surface area contributed by atoms with Gasteiger partial charge in [-0.05, 0) is 32.0 Å². The fourth-order valence-electron chi connectivity index (χ4n) is 4.47. The topological polar surface area (TPSA) is 94.8 Å². The summed E-state index contributed by atoms with van der Waals surface area (Å²) in [4.78, 5) is 34.1. The van der Waals surface area contributed by atoms with E-state index in [0.717, 1.165) is 16.5 Å². The number of imidazole rings is 1. The van der Waals surface area contributed by atoms with Crippen LogP contribution in [0.4, 0.5) is 5.69 Å². The van der Waals surface area contributed by atoms with Crippen molar-refractivity contribution in [3.63, 3.8) is 0 Å². The normalized spacial score (nSPS) is 11.7. The molecular weight excluding hydrogens is 418 g/mol. The molecule has 160 valence electrons. The Morgan fingerprint density at radius 1 is 0.970 bits per heavy atom. The number of benzene rings is 2. The van der Waals surface area contributed by atoms with Gasteiger partial charge in [-0.3, -0.25) is 19.3 Å². The zero-order chi connectivity index (χ0) is 22.9. The number of carbonyl (C=O) groups is 1. The highest BCUT2D eigenvalue weighted by atomic mass is 16.6. The lowest BCUT2D eigenvalue weighted by Gasteiger charge is -2.05. The highest BCUT2D eigenvalue weighted by molar-refractivity contribution is 6.21. The first kappa shape index (κ1) is 19.1. The number of ketones is 1. The number of hydrogen-bond donors (Lipinski definition) is 0. The van der Waals surface area contributed by atoms with Gasteiger partial charge >= 0.3 is 0 Å². The van der Waals surface area contributed by atoms with Gasteiger partial charge in [-0.2, -0.15) is 0 Å². The van der Waals surface area contributed by atoms with E-state index in [1.807, 2.05) is 71.3 Å². The van der Waals surface area contributed by atoms with Gasteiger partial charge in [0.25, 0.3) is 5.69 Å². The first-order valence-corrected chi connectivity index (χ1v) is 10.4. The third-order valence-corrected chi connectivity index (χ3v) is 6.02. The van der Waals surface area contributed by atoms with Crippen LogP contribution in [-0.4, -0.2) is 29.5 Å². The molecule has 0 spiro atoms. The van der Waals surface area contributed by atoms with E-state index in [-0.39, 0.29) is 11.5 Å². The van der Waals surface area contributed by atoms with E-state index in [2.05, 4.69) is 0 Å². The summed E-state index contributed by atoms with van der Waals surface area (Å²) >= 11 is 0. The molecule has 0 bridgehead atoms. The minimum absolute atomic E-state index is 0.0132. The highest BCUT2D eigenvalue weighted by Crippen LogP contribution is 2.33. The van der Waals surface area contributed by atoms with Gasteiger partial charge in [0.05, 0.1) is 26.9 Å². The van der Waals surface area contributed by atoms with E-state index in [9.17, 15) is 14.9 Å². The van der Waals surface area contributed by atoms with Gasteiger partial charge < -0.3 is 4.40 Å². The van der Waals surface area contributed by atoms with Crippen molar-refractivity contribution < 1.29 is 9.72 Å². The van der Waals surface area contributed by atoms with Gasteiger partial charge in [-0.1, -0.05) is 35.9 Å². The van der Waals surface area contributed by atoms with E-state index >= 15 is 0 Å². The highest BCUT2D eigenvalue weighted by Gasteiger charge is 2.25. The van der Waals surface area contributed by atoms with Gasteiger partial charge in [0, 0.05) is 23.9 Å². The number of fused-ring (bicyclic) bond motifs is 7. The van der Waals surface area contributed by atoms with Crippen molar-refractivity contribution in [3.05, 3.63) is 99.6 Å². The third kappa shape index (κ3) is 2.67. The van der Waals surface area contributed by atoms with Crippen LogP contribution in [0, 0.1) is 24.0 Å². The summed E-state index contributed by atoms with van der Waals surface area (Å²) in [7, 11) is 0. The first-order valence-electron chi connectivity index (χ1n) is 10.4. The molecule has 0 saturated heterocycles. The molecule has 0 N–H and O–H groups in total. The molecule has 2 aromatic carbocycles. The van der Waals surface area contributed by atoms with Crippen LogP contribution in [0.15, 0.2) is 66.9 Å². The van der Waals surface area contributed by atoms with E-state index in [0.29, 0.717) is 39.3 Å². The van der Waals surface area contributed by atoms with Crippen molar-refractivity contribution in [2.24, 2.45) is 0 Å². The largest absolute Gasteiger partial charge is 0.311 e. The molecule has 4 aromatic heterocycles. The predicted octanol–water partition coefficient (Wildman–Crippen LogP) is 5.04. The molecule has 6 rings (SSSR count). The number of nitro groups is 1. The van der Waals surface area contributed by atoms with Gasteiger partial charge in [0.1, 0.15) is 17.0 Å². The molecule has 0 aliphatic carbocycles. The molecule has 0 unspecified atom stereocenters. The summed E-state index contributed by atoms with van der Waals surface area (Å²) in [6.45, 7) is 3.79. The Morgan fingerprint density at radius 3 is 2.52 bits per heavy atom. The quantitative estimate of drug-likeness (QED) is 0.220. The number of nitrogens with zero attached hydrogens (tertiary/aromatic N) is 5. The molecule has 33 heavy (non-hydrogen) atoms. The molecular formula is C25H17N5O3. The lowest BCUT2D eigenvalue weighted by molar-refractivity contribution is -0.384. The zero-order valence-electron chi connectivity index (χ0n) is 17.8. The van der Waals surface area contributed by atoms with Crippen molar-refractivity contribution in [2.75, 3.05) is 0 Å². The summed E-state index contributed by atoms with van der Waals surface area (Å²) in [5.41, 5.74) is 5.30. The fraction of sp³-hybridized carbons (Fsp3) is 0.0800. The molecule has 8 heteroatoms. The molecule has 0 aliphatic rings. The van der Waals surface area contributed by atoms with Crippen LogP contribution in [-0.2, 0) is 0 Å². The maximum atomic E-state index is 13.6. The molecule has 0 radical (unpaired) electrons. The maximum Gasteiger partial charge on any atom is 0.271 e. The van der Waals surface area contributed by atoms with E-state index in [1.165, 1.54) is 12.1 Å². The summed E-state index contributed by atoms with van der Waals surface area (Å²) in [5, 5.41) is 12.1. The minimum Gasteiger partial charge on any atom is -0.311 e. The van der Waals surface area contributed by atoms with Crippen LogP contribution in [0.5, 0.6) is 0 Å². The second kappa shape index (κ2) is 6.70. The number of rotatable bonds is 3. The smallest absolute Gasteiger partial charge is 0.271 e. The number of aryl methyl sites for hydroxylation is 2. The van der Waals surface area contributed by atoms with Crippen LogP contribution in [0.3, 0.4) is 0 Å². The van der Waals surface area contributed by atoms with E-state index in [4.69, 9.17) is 9.97 Å². The number of hydrogen-bond acceptors (Lipinski definition) is 5. The molecule has 0 saturated carbocycles. The average Bonchev–Trinajstić information content (AvgIpc) is 3.34. The predicted molar refractivity (Wildman–Crippen MR) is 125 cm³/mol. The van der Waals surface area contributed by atoms with Crippen molar-refractivity contribution in [1.29, 1.82) is 0 Å². The number of nitro benzene ring substituents is 1. The zero-order valence-corrected chi connectivity index (χ0v) is 17.8. The van der Waals surface area contributed by atoms with Crippen LogP contribution >= 0.6 is 0 Å². The Kier molecular flexibility index (Phi) is 3.88. The van der Waals surface area contributed by atoms with Gasteiger partial charge in [0.15, 0.2) is 5.65 Å². The Morgan fingerprint density at radius 2 is 1.76 bits per heavy atom. The van der Waals surface area contributed by atoms with Crippen molar-refractivity contribution in [1.82, 2.24) is 18.8 Å². The number of carbonyl (C=O) groups excluding carboxylic acids is 1. The van der Waals surface area contributed by atoms with Gasteiger partial charge in [-0.15, -0.1) is 0 Å². The lowest BCUT2D eigenvalue weighted by atomic mass is 10.1. The Bertz CT molecular complexity index is 1780. The molecule has 4 heterocycles. The molecule has 0 amide bonds. The standard InChI is InChI=1S/C25H17N5O3/c1-14-6-8-16(9-7-14)24(31)23-22-21(19-5-3-4-12-28(19)23)25-27-18-11-10-17(30(32)33)13-20(18)29(25)15(2)26-22/h3-13H,1-2H3. The van der Waals surface area contributed by atoms with Crippen LogP contribution in [0.1, 0.15) is 27.4 Å². The molecule has 0 atom stereocenters. The average molecular weight is 435 g/mol. The second-order valence-corrected chi connectivity index (χ2v) is 8.08. The van der Waals surface area contributed by atoms with Crippen molar-refractivity contribution >= 4 is 44.6 Å². The number of pyridine rings is 1. The SMILES string of the molecule is Cc1ccc(C(=O)c2c3nc(C)n4c5cc([N+](=O)[O-])ccc5nc4c3c3ccccn23)cc1. The maximum absolute atomic E-state index is 13.6. The van der Waals surface area contributed by atoms with Crippen LogP contribution in [0.2, 0.25) is 0 Å². The van der Waals surface area contributed by atoms with Crippen LogP contribution < -0.4 is 0 Å². The van der Waals surface area contributed by atoms with E-state index in [1.54, 1.807) is 6.07 Å². The van der Waals surface area contributed by atoms with Gasteiger partial charge in [0.2, 0.25) is 5.78 Å². The van der Waals surface area contributed by atoms with Crippen LogP contribution in [0.25, 0.3) is 33.1 Å². The first-order chi connectivity index (χ1) is 15.9. The monoisotopic (exact) mass is 435 g/mol. The number of non-ortho nitro benzene ring substituents is 1. The summed E-state index contributed by atoms with van der Waals surface area (Å²) in [6, 6.07) is 17.7. The van der Waals surface area contributed by atoms with Crippen molar-refractivity contribution in [3.8, 4) is 0 Å². The fourth-order valence-corrected chi connectivity index (χ4v) is 4.47. The molecule has 6 aromatic rings. The Hall–Kier alpha value is -4.59. The second-order valence-electron chi connectivity index (χ2n) is 8.08. The summed E-state index contributed by atoms with van der Waals surface area (Å²) in [6.07, 6.45) is 1.85. The van der Waals surface area contributed by atoms with E-state index < -0.39 is 4.92 Å².